The number of methoxy groups -OCH3 is 1. The van der Waals surface area contributed by atoms with E-state index in [1.165, 1.54) is 14.0 Å². The number of nitrogens with two attached hydrogens (primary N) is 1. The van der Waals surface area contributed by atoms with E-state index in [-0.39, 0.29) is 19.1 Å². The molecule has 14 heavy (non-hydrogen) atoms. The topological polar surface area (TPSA) is 81.8 Å². The summed E-state index contributed by atoms with van der Waals surface area (Å²) in [7, 11) is 1.53. The molecule has 0 radical (unpaired) electrons. The molecule has 0 aliphatic rings. The van der Waals surface area contributed by atoms with Crippen molar-refractivity contribution in [2.45, 2.75) is 32.0 Å². The molecule has 0 amide bonds. The van der Waals surface area contributed by atoms with E-state index in [1.807, 2.05) is 0 Å². The number of aliphatic hydroxyl groups is 1. The van der Waals surface area contributed by atoms with Crippen LogP contribution in [-0.2, 0) is 14.3 Å². The van der Waals surface area contributed by atoms with Crippen LogP contribution in [0.4, 0.5) is 0 Å². The third kappa shape index (κ3) is 5.90. The van der Waals surface area contributed by atoms with Crippen LogP contribution >= 0.6 is 0 Å². The van der Waals surface area contributed by atoms with Gasteiger partial charge in [0.05, 0.1) is 18.6 Å². The van der Waals surface area contributed by atoms with Crippen LogP contribution in [0.2, 0.25) is 0 Å². The summed E-state index contributed by atoms with van der Waals surface area (Å²) in [5.74, 6) is -0.468. The van der Waals surface area contributed by atoms with E-state index in [4.69, 9.17) is 15.2 Å². The van der Waals surface area contributed by atoms with Crippen molar-refractivity contribution in [2.75, 3.05) is 20.3 Å². The number of rotatable bonds is 6. The Morgan fingerprint density at radius 2 is 2.21 bits per heavy atom. The molecule has 0 aromatic heterocycles. The second-order valence-corrected chi connectivity index (χ2v) is 3.63. The maximum Gasteiger partial charge on any atom is 0.309 e. The molecule has 5 nitrogen and oxygen atoms in total. The molecule has 84 valence electrons. The minimum absolute atomic E-state index is 0.0285. The highest BCUT2D eigenvalue weighted by molar-refractivity contribution is 5.70. The standard InChI is InChI=1S/C9H19NO4/c1-7(5-13-3)14-8(11)4-9(2,12)6-10/h7,12H,4-6,10H2,1-3H3. The van der Waals surface area contributed by atoms with Crippen molar-refractivity contribution in [1.82, 2.24) is 0 Å². The Hall–Kier alpha value is -0.650. The number of esters is 1. The van der Waals surface area contributed by atoms with Gasteiger partial charge in [-0.25, -0.2) is 0 Å². The van der Waals surface area contributed by atoms with Gasteiger partial charge in [-0.1, -0.05) is 0 Å². The zero-order chi connectivity index (χ0) is 11.2. The highest BCUT2D eigenvalue weighted by atomic mass is 16.6. The molecule has 0 saturated carbocycles. The van der Waals surface area contributed by atoms with Crippen molar-refractivity contribution in [1.29, 1.82) is 0 Å². The molecule has 0 saturated heterocycles. The van der Waals surface area contributed by atoms with Crippen LogP contribution in [0.25, 0.3) is 0 Å². The zero-order valence-electron chi connectivity index (χ0n) is 8.95. The summed E-state index contributed by atoms with van der Waals surface area (Å²) in [4.78, 5) is 11.2. The fourth-order valence-corrected chi connectivity index (χ4v) is 0.918. The van der Waals surface area contributed by atoms with Crippen LogP contribution in [-0.4, -0.2) is 43.0 Å². The van der Waals surface area contributed by atoms with Crippen molar-refractivity contribution >= 4 is 5.97 Å². The third-order valence-corrected chi connectivity index (χ3v) is 1.70. The highest BCUT2D eigenvalue weighted by Gasteiger charge is 2.24. The van der Waals surface area contributed by atoms with Gasteiger partial charge in [0.2, 0.25) is 0 Å². The van der Waals surface area contributed by atoms with E-state index < -0.39 is 11.6 Å². The normalized spacial score (nSPS) is 17.2. The maximum absolute atomic E-state index is 11.2. The van der Waals surface area contributed by atoms with Crippen LogP contribution in [0.1, 0.15) is 20.3 Å². The van der Waals surface area contributed by atoms with Crippen molar-refractivity contribution in [3.63, 3.8) is 0 Å². The second kappa shape index (κ2) is 5.95. The molecule has 0 aliphatic heterocycles. The molecule has 0 aliphatic carbocycles. The first-order valence-corrected chi connectivity index (χ1v) is 4.52. The number of carbonyl (C=O) groups excluding carboxylic acids is 1. The predicted octanol–water partition coefficient (Wildman–Crippen LogP) is -0.336. The van der Waals surface area contributed by atoms with Crippen LogP contribution in [0.5, 0.6) is 0 Å². The molecule has 0 fully saturated rings. The summed E-state index contributed by atoms with van der Waals surface area (Å²) in [6, 6.07) is 0. The number of ether oxygens (including phenoxy) is 2. The lowest BCUT2D eigenvalue weighted by atomic mass is 10.0. The van der Waals surface area contributed by atoms with Gasteiger partial charge in [0.15, 0.2) is 0 Å². The molecule has 0 heterocycles. The Labute approximate surface area is 84.2 Å². The molecule has 2 atom stereocenters. The van der Waals surface area contributed by atoms with Gasteiger partial charge in [-0.05, 0) is 13.8 Å². The first kappa shape index (κ1) is 13.4. The largest absolute Gasteiger partial charge is 0.460 e. The smallest absolute Gasteiger partial charge is 0.309 e. The predicted molar refractivity (Wildman–Crippen MR) is 51.7 cm³/mol. The lowest BCUT2D eigenvalue weighted by Gasteiger charge is -2.21. The Morgan fingerprint density at radius 1 is 1.64 bits per heavy atom. The van der Waals surface area contributed by atoms with Gasteiger partial charge in [0.25, 0.3) is 0 Å². The molecule has 0 aromatic carbocycles. The minimum Gasteiger partial charge on any atom is -0.460 e. The van der Waals surface area contributed by atoms with Gasteiger partial charge in [-0.15, -0.1) is 0 Å². The monoisotopic (exact) mass is 205 g/mol. The Bertz CT molecular complexity index is 182. The molecule has 2 unspecified atom stereocenters. The summed E-state index contributed by atoms with van der Waals surface area (Å²) in [6.45, 7) is 3.59. The summed E-state index contributed by atoms with van der Waals surface area (Å²) in [6.07, 6.45) is -0.404. The van der Waals surface area contributed by atoms with Crippen molar-refractivity contribution in [3.8, 4) is 0 Å². The number of hydrogen-bond acceptors (Lipinski definition) is 5. The van der Waals surface area contributed by atoms with Gasteiger partial charge in [-0.2, -0.15) is 0 Å². The first-order chi connectivity index (χ1) is 6.41. The van der Waals surface area contributed by atoms with Crippen LogP contribution in [0.15, 0.2) is 0 Å². The second-order valence-electron chi connectivity index (χ2n) is 3.63. The minimum atomic E-state index is -1.19. The van der Waals surface area contributed by atoms with E-state index in [0.29, 0.717) is 6.61 Å². The van der Waals surface area contributed by atoms with E-state index in [1.54, 1.807) is 6.92 Å². The molecule has 0 aromatic rings. The quantitative estimate of drug-likeness (QED) is 0.580. The highest BCUT2D eigenvalue weighted by Crippen LogP contribution is 2.09. The molecular formula is C9H19NO4. The van der Waals surface area contributed by atoms with Crippen LogP contribution in [0.3, 0.4) is 0 Å². The van der Waals surface area contributed by atoms with E-state index in [0.717, 1.165) is 0 Å². The first-order valence-electron chi connectivity index (χ1n) is 4.52. The Morgan fingerprint density at radius 3 is 2.64 bits per heavy atom. The number of hydrogen-bond donors (Lipinski definition) is 2. The van der Waals surface area contributed by atoms with Crippen molar-refractivity contribution < 1.29 is 19.4 Å². The van der Waals surface area contributed by atoms with Gasteiger partial charge in [0.1, 0.15) is 6.10 Å². The Kier molecular flexibility index (Phi) is 5.68. The fraction of sp³-hybridized carbons (Fsp3) is 0.889. The molecule has 0 bridgehead atoms. The maximum atomic E-state index is 11.2. The summed E-state index contributed by atoms with van der Waals surface area (Å²) in [5.41, 5.74) is 4.07. The summed E-state index contributed by atoms with van der Waals surface area (Å²) >= 11 is 0. The Balaban J connectivity index is 3.86. The molecule has 5 heteroatoms. The van der Waals surface area contributed by atoms with E-state index in [9.17, 15) is 9.90 Å². The molecule has 0 spiro atoms. The van der Waals surface area contributed by atoms with Crippen LogP contribution < -0.4 is 5.73 Å². The van der Waals surface area contributed by atoms with Gasteiger partial charge < -0.3 is 20.3 Å². The van der Waals surface area contributed by atoms with Crippen molar-refractivity contribution in [3.05, 3.63) is 0 Å². The van der Waals surface area contributed by atoms with Gasteiger partial charge >= 0.3 is 5.97 Å². The molecular weight excluding hydrogens is 186 g/mol. The lowest BCUT2D eigenvalue weighted by molar-refractivity contribution is -0.155. The van der Waals surface area contributed by atoms with E-state index >= 15 is 0 Å². The van der Waals surface area contributed by atoms with Crippen LogP contribution in [0, 0.1) is 0 Å². The van der Waals surface area contributed by atoms with Crippen molar-refractivity contribution in [2.24, 2.45) is 5.73 Å². The summed E-state index contributed by atoms with van der Waals surface area (Å²) in [5, 5.41) is 9.48. The lowest BCUT2D eigenvalue weighted by Crippen LogP contribution is -2.37. The molecule has 3 N–H and O–H groups in total. The van der Waals surface area contributed by atoms with E-state index in [2.05, 4.69) is 0 Å². The number of carbonyl (C=O) groups is 1. The molecule has 0 rings (SSSR count). The third-order valence-electron chi connectivity index (χ3n) is 1.70. The van der Waals surface area contributed by atoms with Gasteiger partial charge in [0, 0.05) is 13.7 Å². The fourth-order valence-electron chi connectivity index (χ4n) is 0.918. The average Bonchev–Trinajstić information content (AvgIpc) is 2.03. The SMILES string of the molecule is COCC(C)OC(=O)CC(C)(O)CN. The average molecular weight is 205 g/mol. The van der Waals surface area contributed by atoms with Gasteiger partial charge in [-0.3, -0.25) is 4.79 Å². The summed E-state index contributed by atoms with van der Waals surface area (Å²) < 4.78 is 9.75. The zero-order valence-corrected chi connectivity index (χ0v) is 8.95.